The van der Waals surface area contributed by atoms with Crippen molar-refractivity contribution in [3.63, 3.8) is 0 Å². The van der Waals surface area contributed by atoms with Crippen LogP contribution in [0.4, 0.5) is 10.1 Å². The fraction of sp³-hybridized carbons (Fsp3) is 0.529. The summed E-state index contributed by atoms with van der Waals surface area (Å²) in [5, 5.41) is 6.98. The van der Waals surface area contributed by atoms with Crippen LogP contribution in [0.25, 0.3) is 0 Å². The maximum Gasteiger partial charge on any atom is 0.217 e. The Morgan fingerprint density at radius 1 is 1.22 bits per heavy atom. The van der Waals surface area contributed by atoms with Crippen molar-refractivity contribution in [2.24, 2.45) is 0 Å². The minimum atomic E-state index is -0.255. The Kier molecular flexibility index (Phi) is 4.80. The molecule has 0 aliphatic carbocycles. The average Bonchev–Trinajstić information content (AvgIpc) is 2.48. The van der Waals surface area contributed by atoms with E-state index >= 15 is 0 Å². The summed E-state index contributed by atoms with van der Waals surface area (Å²) in [5.41, 5.74) is 0.804. The number of halogens is 1. The van der Waals surface area contributed by atoms with E-state index in [1.54, 1.807) is 19.1 Å². The van der Waals surface area contributed by atoms with Crippen molar-refractivity contribution in [3.8, 4) is 0 Å². The predicted octanol–water partition coefficient (Wildman–Crippen LogP) is 3.04. The number of nitrogens with one attached hydrogen (secondary N) is 2. The molecule has 0 radical (unpaired) electrons. The van der Waals surface area contributed by atoms with Crippen LogP contribution >= 0.6 is 12.2 Å². The number of hydrogen-bond donors (Lipinski definition) is 2. The third kappa shape index (κ3) is 3.80. The molecule has 1 aromatic rings. The van der Waals surface area contributed by atoms with E-state index < -0.39 is 0 Å². The van der Waals surface area contributed by atoms with Crippen LogP contribution in [0.5, 0.6) is 0 Å². The van der Waals surface area contributed by atoms with E-state index in [2.05, 4.69) is 15.5 Å². The largest absolute Gasteiger partial charge is 0.353 e. The number of benzene rings is 1. The molecule has 2 unspecified atom stereocenters. The fourth-order valence-electron chi connectivity index (χ4n) is 3.84. The average molecular weight is 335 g/mol. The second kappa shape index (κ2) is 6.83. The normalized spacial score (nSPS) is 26.5. The van der Waals surface area contributed by atoms with Gasteiger partial charge in [-0.2, -0.15) is 0 Å². The predicted molar refractivity (Wildman–Crippen MR) is 92.7 cm³/mol. The number of amides is 1. The summed E-state index contributed by atoms with van der Waals surface area (Å²) in [6, 6.07) is 7.21. The molecule has 2 saturated heterocycles. The minimum Gasteiger partial charge on any atom is -0.353 e. The van der Waals surface area contributed by atoms with Crippen LogP contribution in [0.15, 0.2) is 24.3 Å². The van der Waals surface area contributed by atoms with E-state index in [9.17, 15) is 9.18 Å². The zero-order chi connectivity index (χ0) is 16.4. The highest BCUT2D eigenvalue weighted by molar-refractivity contribution is 7.80. The van der Waals surface area contributed by atoms with E-state index in [0.717, 1.165) is 31.4 Å². The van der Waals surface area contributed by atoms with Gasteiger partial charge in [0.2, 0.25) is 5.91 Å². The molecule has 2 fully saturated rings. The monoisotopic (exact) mass is 335 g/mol. The van der Waals surface area contributed by atoms with E-state index in [4.69, 9.17) is 12.2 Å². The molecular formula is C17H22FN3OS. The summed E-state index contributed by atoms with van der Waals surface area (Å²) in [6.07, 6.45) is 5.26. The zero-order valence-corrected chi connectivity index (χ0v) is 14.0. The Hall–Kier alpha value is -1.69. The van der Waals surface area contributed by atoms with Crippen LogP contribution in [-0.2, 0) is 4.79 Å². The van der Waals surface area contributed by atoms with Gasteiger partial charge in [0.25, 0.3) is 0 Å². The minimum absolute atomic E-state index is 0.0357. The lowest BCUT2D eigenvalue weighted by Crippen LogP contribution is -2.59. The van der Waals surface area contributed by atoms with E-state index in [-0.39, 0.29) is 17.8 Å². The molecule has 1 amide bonds. The number of piperidine rings is 2. The van der Waals surface area contributed by atoms with Crippen LogP contribution < -0.4 is 10.6 Å². The summed E-state index contributed by atoms with van der Waals surface area (Å²) in [5.74, 6) is -0.219. The first-order valence-corrected chi connectivity index (χ1v) is 8.56. The highest BCUT2D eigenvalue weighted by atomic mass is 32.1. The molecule has 3 rings (SSSR count). The maximum absolute atomic E-state index is 13.0. The van der Waals surface area contributed by atoms with Gasteiger partial charge in [0, 0.05) is 30.7 Å². The molecule has 23 heavy (non-hydrogen) atoms. The molecule has 6 heteroatoms. The standard InChI is InChI=1S/C17H22FN3OS/c1-11(22)19-14-9-15-3-2-4-16(10-14)21(15)17(23)20-13-7-5-12(18)6-8-13/h5-8,14-16H,2-4,9-10H2,1H3,(H,19,22)(H,20,23). The van der Waals surface area contributed by atoms with Gasteiger partial charge in [-0.05, 0) is 68.6 Å². The van der Waals surface area contributed by atoms with Crippen molar-refractivity contribution >= 4 is 28.9 Å². The zero-order valence-electron chi connectivity index (χ0n) is 13.2. The molecule has 0 saturated carbocycles. The van der Waals surface area contributed by atoms with Gasteiger partial charge >= 0.3 is 0 Å². The molecule has 2 heterocycles. The number of anilines is 1. The second-order valence-electron chi connectivity index (χ2n) is 6.45. The molecule has 2 N–H and O–H groups in total. The number of rotatable bonds is 2. The van der Waals surface area contributed by atoms with Crippen molar-refractivity contribution < 1.29 is 9.18 Å². The number of thiocarbonyl (C=S) groups is 1. The maximum atomic E-state index is 13.0. The lowest BCUT2D eigenvalue weighted by Gasteiger charge is -2.50. The highest BCUT2D eigenvalue weighted by Crippen LogP contribution is 2.34. The fourth-order valence-corrected chi connectivity index (χ4v) is 4.26. The SMILES string of the molecule is CC(=O)NC1CC2CCCC(C1)N2C(=S)Nc1ccc(F)cc1. The van der Waals surface area contributed by atoms with Gasteiger partial charge in [-0.15, -0.1) is 0 Å². The van der Waals surface area contributed by atoms with Gasteiger partial charge in [-0.25, -0.2) is 4.39 Å². The van der Waals surface area contributed by atoms with Crippen molar-refractivity contribution in [2.75, 3.05) is 5.32 Å². The summed E-state index contributed by atoms with van der Waals surface area (Å²) in [7, 11) is 0. The number of fused-ring (bicyclic) bond motifs is 2. The number of nitrogens with zero attached hydrogens (tertiary/aromatic N) is 1. The second-order valence-corrected chi connectivity index (χ2v) is 6.84. The van der Waals surface area contributed by atoms with E-state index in [1.807, 2.05) is 0 Å². The van der Waals surface area contributed by atoms with Crippen LogP contribution in [0.2, 0.25) is 0 Å². The Bertz CT molecular complexity index is 578. The van der Waals surface area contributed by atoms with Gasteiger partial charge in [0.05, 0.1) is 0 Å². The summed E-state index contributed by atoms with van der Waals surface area (Å²) < 4.78 is 13.0. The van der Waals surface area contributed by atoms with Crippen molar-refractivity contribution in [3.05, 3.63) is 30.1 Å². The van der Waals surface area contributed by atoms with E-state index in [0.29, 0.717) is 17.2 Å². The molecule has 2 bridgehead atoms. The summed E-state index contributed by atoms with van der Waals surface area (Å²) in [6.45, 7) is 1.57. The number of carbonyl (C=O) groups is 1. The Morgan fingerprint density at radius 2 is 1.83 bits per heavy atom. The highest BCUT2D eigenvalue weighted by Gasteiger charge is 2.39. The first kappa shape index (κ1) is 16.2. The van der Waals surface area contributed by atoms with Gasteiger partial charge in [-0.3, -0.25) is 4.79 Å². The first-order valence-electron chi connectivity index (χ1n) is 8.15. The Morgan fingerprint density at radius 3 is 2.39 bits per heavy atom. The first-order chi connectivity index (χ1) is 11.0. The Balaban J connectivity index is 1.68. The molecule has 1 aromatic carbocycles. The number of hydrogen-bond acceptors (Lipinski definition) is 2. The lowest BCUT2D eigenvalue weighted by atomic mass is 9.82. The third-order valence-corrected chi connectivity index (χ3v) is 5.02. The molecule has 124 valence electrons. The smallest absolute Gasteiger partial charge is 0.217 e. The molecule has 0 aromatic heterocycles. The molecular weight excluding hydrogens is 313 g/mol. The van der Waals surface area contributed by atoms with Crippen molar-refractivity contribution in [1.29, 1.82) is 0 Å². The van der Waals surface area contributed by atoms with Crippen molar-refractivity contribution in [1.82, 2.24) is 10.2 Å². The van der Waals surface area contributed by atoms with Crippen LogP contribution in [0.1, 0.15) is 39.0 Å². The molecule has 2 aliphatic rings. The van der Waals surface area contributed by atoms with E-state index in [1.165, 1.54) is 18.6 Å². The van der Waals surface area contributed by atoms with Crippen molar-refractivity contribution in [2.45, 2.75) is 57.2 Å². The van der Waals surface area contributed by atoms with Gasteiger partial charge in [0.1, 0.15) is 5.82 Å². The topological polar surface area (TPSA) is 44.4 Å². The van der Waals surface area contributed by atoms with Gasteiger partial charge in [0.15, 0.2) is 5.11 Å². The third-order valence-electron chi connectivity index (χ3n) is 4.71. The molecule has 4 nitrogen and oxygen atoms in total. The lowest BCUT2D eigenvalue weighted by molar-refractivity contribution is -0.120. The molecule has 2 atom stereocenters. The van der Waals surface area contributed by atoms with Crippen LogP contribution in [0.3, 0.4) is 0 Å². The number of carbonyl (C=O) groups excluding carboxylic acids is 1. The van der Waals surface area contributed by atoms with Crippen LogP contribution in [-0.4, -0.2) is 34.0 Å². The molecule has 0 spiro atoms. The quantitative estimate of drug-likeness (QED) is 0.816. The van der Waals surface area contributed by atoms with Gasteiger partial charge < -0.3 is 15.5 Å². The Labute approximate surface area is 141 Å². The van der Waals surface area contributed by atoms with Gasteiger partial charge in [-0.1, -0.05) is 0 Å². The van der Waals surface area contributed by atoms with Crippen LogP contribution in [0, 0.1) is 5.82 Å². The molecule has 2 aliphatic heterocycles. The summed E-state index contributed by atoms with van der Waals surface area (Å²) in [4.78, 5) is 13.6. The summed E-state index contributed by atoms with van der Waals surface area (Å²) >= 11 is 5.60.